The van der Waals surface area contributed by atoms with Gasteiger partial charge in [0.1, 0.15) is 5.76 Å². The fourth-order valence-corrected chi connectivity index (χ4v) is 2.34. The van der Waals surface area contributed by atoms with Crippen LogP contribution in [0.1, 0.15) is 29.2 Å². The minimum absolute atomic E-state index is 0.152. The van der Waals surface area contributed by atoms with Crippen LogP contribution in [0.3, 0.4) is 0 Å². The minimum atomic E-state index is -0.576. The third kappa shape index (κ3) is 6.21. The van der Waals surface area contributed by atoms with Gasteiger partial charge in [-0.1, -0.05) is 0 Å². The molecule has 24 heavy (non-hydrogen) atoms. The molecule has 2 heterocycles. The summed E-state index contributed by atoms with van der Waals surface area (Å²) in [4.78, 5) is 15.1. The number of hydrogen-bond donors (Lipinski definition) is 3. The lowest BCUT2D eigenvalue weighted by molar-refractivity contribution is 0.0888. The summed E-state index contributed by atoms with van der Waals surface area (Å²) in [5.74, 6) is 1.41. The Morgan fingerprint density at radius 1 is 1.46 bits per heavy atom. The zero-order chi connectivity index (χ0) is 17.2. The molecule has 1 fully saturated rings. The number of carbonyl (C=O) groups excluding carboxylic acids is 1. The normalized spacial score (nSPS) is 17.9. The van der Waals surface area contributed by atoms with E-state index in [2.05, 4.69) is 15.6 Å². The van der Waals surface area contributed by atoms with Gasteiger partial charge in [-0.2, -0.15) is 0 Å². The second-order valence-electron chi connectivity index (χ2n) is 5.64. The molecule has 1 amide bonds. The molecule has 1 aromatic rings. The summed E-state index contributed by atoms with van der Waals surface area (Å²) in [5, 5.41) is 6.31. The van der Waals surface area contributed by atoms with Crippen LogP contribution in [-0.4, -0.2) is 51.9 Å². The highest BCUT2D eigenvalue weighted by Crippen LogP contribution is 2.12. The average Bonchev–Trinajstić information content (AvgIpc) is 3.25. The lowest BCUT2D eigenvalue weighted by atomic mass is 10.1. The molecule has 0 aliphatic carbocycles. The van der Waals surface area contributed by atoms with E-state index < -0.39 is 5.91 Å². The van der Waals surface area contributed by atoms with Gasteiger partial charge in [-0.15, -0.1) is 0 Å². The van der Waals surface area contributed by atoms with Crippen molar-refractivity contribution in [3.63, 3.8) is 0 Å². The molecule has 1 atom stereocenters. The maximum absolute atomic E-state index is 11.0. The van der Waals surface area contributed by atoms with E-state index in [1.54, 1.807) is 19.2 Å². The molecule has 8 nitrogen and oxygen atoms in total. The smallest absolute Gasteiger partial charge is 0.284 e. The number of rotatable bonds is 9. The number of nitrogens with zero attached hydrogens (tertiary/aromatic N) is 1. The van der Waals surface area contributed by atoms with Crippen LogP contribution in [0.4, 0.5) is 0 Å². The number of aliphatic imine (C=N–C) groups is 1. The molecule has 1 unspecified atom stereocenters. The second kappa shape index (κ2) is 9.94. The van der Waals surface area contributed by atoms with Crippen molar-refractivity contribution in [2.24, 2.45) is 16.6 Å². The standard InChI is InChI=1S/C16H26N4O4/c1-18-16(20-9-13-3-4-14(24-13)15(17)21)19-6-2-7-22-10-12-5-8-23-11-12/h3-4,12H,2,5-11H2,1H3,(H2,17,21)(H2,18,19,20). The predicted octanol–water partition coefficient (Wildman–Crippen LogP) is 0.487. The van der Waals surface area contributed by atoms with Crippen molar-refractivity contribution in [3.8, 4) is 0 Å². The molecule has 0 spiro atoms. The van der Waals surface area contributed by atoms with Gasteiger partial charge in [0.15, 0.2) is 11.7 Å². The van der Waals surface area contributed by atoms with E-state index in [-0.39, 0.29) is 5.76 Å². The van der Waals surface area contributed by atoms with Crippen LogP contribution in [0.2, 0.25) is 0 Å². The number of guanidine groups is 1. The van der Waals surface area contributed by atoms with E-state index in [1.807, 2.05) is 0 Å². The Morgan fingerprint density at radius 2 is 2.33 bits per heavy atom. The van der Waals surface area contributed by atoms with E-state index in [9.17, 15) is 4.79 Å². The summed E-state index contributed by atoms with van der Waals surface area (Å²) in [7, 11) is 1.70. The highest BCUT2D eigenvalue weighted by Gasteiger charge is 2.15. The highest BCUT2D eigenvalue weighted by atomic mass is 16.5. The SMILES string of the molecule is CN=C(NCCCOCC1CCOC1)NCc1ccc(C(N)=O)o1. The molecule has 4 N–H and O–H groups in total. The topological polar surface area (TPSA) is 111 Å². The first-order chi connectivity index (χ1) is 11.7. The molecule has 0 bridgehead atoms. The van der Waals surface area contributed by atoms with Crippen molar-refractivity contribution in [2.75, 3.05) is 40.0 Å². The van der Waals surface area contributed by atoms with Crippen molar-refractivity contribution < 1.29 is 18.7 Å². The van der Waals surface area contributed by atoms with Gasteiger partial charge in [0.25, 0.3) is 5.91 Å². The number of furan rings is 1. The van der Waals surface area contributed by atoms with Gasteiger partial charge < -0.3 is 30.3 Å². The summed E-state index contributed by atoms with van der Waals surface area (Å²) >= 11 is 0. The van der Waals surface area contributed by atoms with Crippen LogP contribution in [0.15, 0.2) is 21.5 Å². The van der Waals surface area contributed by atoms with Crippen molar-refractivity contribution in [1.29, 1.82) is 0 Å². The van der Waals surface area contributed by atoms with Crippen LogP contribution in [0.25, 0.3) is 0 Å². The maximum atomic E-state index is 11.0. The van der Waals surface area contributed by atoms with Gasteiger partial charge in [-0.3, -0.25) is 9.79 Å². The van der Waals surface area contributed by atoms with Gasteiger partial charge in [0.2, 0.25) is 0 Å². The molecule has 0 saturated carbocycles. The van der Waals surface area contributed by atoms with Crippen molar-refractivity contribution >= 4 is 11.9 Å². The van der Waals surface area contributed by atoms with Crippen molar-refractivity contribution in [2.45, 2.75) is 19.4 Å². The Hall–Kier alpha value is -2.06. The number of ether oxygens (including phenoxy) is 2. The summed E-state index contributed by atoms with van der Waals surface area (Å²) in [5.41, 5.74) is 5.15. The van der Waals surface area contributed by atoms with E-state index in [0.717, 1.165) is 39.2 Å². The molecule has 0 radical (unpaired) electrons. The Labute approximate surface area is 141 Å². The maximum Gasteiger partial charge on any atom is 0.284 e. The first kappa shape index (κ1) is 18.3. The first-order valence-corrected chi connectivity index (χ1v) is 8.17. The van der Waals surface area contributed by atoms with Crippen LogP contribution in [-0.2, 0) is 16.0 Å². The summed E-state index contributed by atoms with van der Waals surface area (Å²) < 4.78 is 16.3. The molecule has 1 aliphatic rings. The molecule has 1 aromatic heterocycles. The van der Waals surface area contributed by atoms with E-state index in [0.29, 0.717) is 30.8 Å². The number of nitrogens with one attached hydrogen (secondary N) is 2. The van der Waals surface area contributed by atoms with Gasteiger partial charge >= 0.3 is 0 Å². The van der Waals surface area contributed by atoms with Gasteiger partial charge in [-0.05, 0) is 25.0 Å². The lowest BCUT2D eigenvalue weighted by Crippen LogP contribution is -2.37. The summed E-state index contributed by atoms with van der Waals surface area (Å²) in [6, 6.07) is 3.27. The molecule has 1 saturated heterocycles. The first-order valence-electron chi connectivity index (χ1n) is 8.17. The highest BCUT2D eigenvalue weighted by molar-refractivity contribution is 5.89. The number of amides is 1. The summed E-state index contributed by atoms with van der Waals surface area (Å²) in [6.07, 6.45) is 1.99. The fourth-order valence-electron chi connectivity index (χ4n) is 2.34. The molecule has 1 aliphatic heterocycles. The van der Waals surface area contributed by atoms with E-state index in [4.69, 9.17) is 19.6 Å². The quantitative estimate of drug-likeness (QED) is 0.343. The number of nitrogens with two attached hydrogens (primary N) is 1. The van der Waals surface area contributed by atoms with Crippen LogP contribution < -0.4 is 16.4 Å². The Kier molecular flexibility index (Phi) is 7.57. The third-order valence-electron chi connectivity index (χ3n) is 3.69. The second-order valence-corrected chi connectivity index (χ2v) is 5.64. The number of primary amides is 1. The zero-order valence-electron chi connectivity index (χ0n) is 14.0. The van der Waals surface area contributed by atoms with Crippen LogP contribution in [0, 0.1) is 5.92 Å². The van der Waals surface area contributed by atoms with Gasteiger partial charge in [-0.25, -0.2) is 0 Å². The monoisotopic (exact) mass is 338 g/mol. The molecular formula is C16H26N4O4. The van der Waals surface area contributed by atoms with Gasteiger partial charge in [0, 0.05) is 32.7 Å². The van der Waals surface area contributed by atoms with Crippen LogP contribution in [0.5, 0.6) is 0 Å². The number of carbonyl (C=O) groups is 1. The van der Waals surface area contributed by atoms with Crippen molar-refractivity contribution in [3.05, 3.63) is 23.7 Å². The Bertz CT molecular complexity index is 538. The lowest BCUT2D eigenvalue weighted by Gasteiger charge is -2.12. The zero-order valence-corrected chi connectivity index (χ0v) is 14.0. The van der Waals surface area contributed by atoms with Crippen LogP contribution >= 0.6 is 0 Å². The predicted molar refractivity (Wildman–Crippen MR) is 89.8 cm³/mol. The van der Waals surface area contributed by atoms with Crippen molar-refractivity contribution in [1.82, 2.24) is 10.6 Å². The van der Waals surface area contributed by atoms with E-state index >= 15 is 0 Å². The molecule has 134 valence electrons. The number of hydrogen-bond acceptors (Lipinski definition) is 5. The Balaban J connectivity index is 1.55. The Morgan fingerprint density at radius 3 is 3.00 bits per heavy atom. The average molecular weight is 338 g/mol. The molecule has 2 rings (SSSR count). The third-order valence-corrected chi connectivity index (χ3v) is 3.69. The molecular weight excluding hydrogens is 312 g/mol. The molecule has 8 heteroatoms. The fraction of sp³-hybridized carbons (Fsp3) is 0.625. The molecule has 0 aromatic carbocycles. The van der Waals surface area contributed by atoms with E-state index in [1.165, 1.54) is 0 Å². The largest absolute Gasteiger partial charge is 0.454 e. The summed E-state index contributed by atoms with van der Waals surface area (Å²) in [6.45, 7) is 4.33. The van der Waals surface area contributed by atoms with Gasteiger partial charge in [0.05, 0.1) is 19.8 Å². The minimum Gasteiger partial charge on any atom is -0.454 e.